The van der Waals surface area contributed by atoms with Gasteiger partial charge in [0, 0.05) is 12.0 Å². The first-order valence-electron chi connectivity index (χ1n) is 7.23. The largest absolute Gasteiger partial charge is 0.516 e. The van der Waals surface area contributed by atoms with Crippen molar-refractivity contribution in [3.05, 3.63) is 54.1 Å². The van der Waals surface area contributed by atoms with E-state index in [0.717, 1.165) is 5.56 Å². The van der Waals surface area contributed by atoms with Crippen molar-refractivity contribution >= 4 is 15.7 Å². The van der Waals surface area contributed by atoms with E-state index in [9.17, 15) is 21.6 Å². The molecule has 2 atom stereocenters. The molecule has 1 aliphatic rings. The van der Waals surface area contributed by atoms with Gasteiger partial charge in [-0.15, -0.1) is 0 Å². The van der Waals surface area contributed by atoms with E-state index in [-0.39, 0.29) is 17.6 Å². The Labute approximate surface area is 137 Å². The van der Waals surface area contributed by atoms with Gasteiger partial charge < -0.3 is 5.73 Å². The normalized spacial score (nSPS) is 20.7. The molecular formula is C16H15F3N2O2S. The molecule has 1 fully saturated rings. The number of hydrogen-bond acceptors (Lipinski definition) is 3. The van der Waals surface area contributed by atoms with Crippen LogP contribution < -0.4 is 10.5 Å². The minimum absolute atomic E-state index is 0.0772. The van der Waals surface area contributed by atoms with Gasteiger partial charge in [0.25, 0.3) is 0 Å². The Balaban J connectivity index is 2.04. The second-order valence-electron chi connectivity index (χ2n) is 5.73. The third kappa shape index (κ3) is 3.25. The van der Waals surface area contributed by atoms with Crippen LogP contribution in [0.25, 0.3) is 11.1 Å². The first-order chi connectivity index (χ1) is 11.2. The summed E-state index contributed by atoms with van der Waals surface area (Å²) in [6.07, 6.45) is 0.616. The van der Waals surface area contributed by atoms with Crippen molar-refractivity contribution in [2.45, 2.75) is 23.9 Å². The summed E-state index contributed by atoms with van der Waals surface area (Å²) in [6.45, 7) is 0. The second kappa shape index (κ2) is 5.78. The zero-order valence-electron chi connectivity index (χ0n) is 12.4. The van der Waals surface area contributed by atoms with E-state index in [1.165, 1.54) is 6.07 Å². The topological polar surface area (TPSA) is 72.2 Å². The summed E-state index contributed by atoms with van der Waals surface area (Å²) < 4.78 is 62.7. The van der Waals surface area contributed by atoms with E-state index in [1.54, 1.807) is 41.1 Å². The van der Waals surface area contributed by atoms with Crippen molar-refractivity contribution in [2.75, 3.05) is 4.72 Å². The Morgan fingerprint density at radius 3 is 2.21 bits per heavy atom. The molecule has 0 aliphatic heterocycles. The van der Waals surface area contributed by atoms with Crippen LogP contribution in [0, 0.1) is 0 Å². The molecule has 0 heterocycles. The molecule has 2 aromatic carbocycles. The fraction of sp³-hybridized carbons (Fsp3) is 0.250. The molecule has 4 nitrogen and oxygen atoms in total. The lowest BCUT2D eigenvalue weighted by molar-refractivity contribution is -0.0429. The summed E-state index contributed by atoms with van der Waals surface area (Å²) in [5, 5.41) is 0. The number of hydrogen-bond donors (Lipinski definition) is 2. The quantitative estimate of drug-likeness (QED) is 0.882. The number of anilines is 1. The predicted molar refractivity (Wildman–Crippen MR) is 85.8 cm³/mol. The van der Waals surface area contributed by atoms with Crippen molar-refractivity contribution in [3.63, 3.8) is 0 Å². The first kappa shape index (κ1) is 16.8. The van der Waals surface area contributed by atoms with Gasteiger partial charge in [-0.05, 0) is 29.2 Å². The Morgan fingerprint density at radius 2 is 1.67 bits per heavy atom. The van der Waals surface area contributed by atoms with Crippen LogP contribution in [0.2, 0.25) is 0 Å². The second-order valence-corrected chi connectivity index (χ2v) is 7.40. The van der Waals surface area contributed by atoms with Gasteiger partial charge in [0.2, 0.25) is 0 Å². The summed E-state index contributed by atoms with van der Waals surface area (Å²) in [4.78, 5) is 0. The van der Waals surface area contributed by atoms with E-state index < -0.39 is 15.5 Å². The number of nitrogens with two attached hydrogens (primary N) is 1. The van der Waals surface area contributed by atoms with Crippen LogP contribution in [0.15, 0.2) is 48.5 Å². The Hall–Kier alpha value is -2.06. The highest BCUT2D eigenvalue weighted by molar-refractivity contribution is 7.93. The average Bonchev–Trinajstić information content (AvgIpc) is 3.23. The van der Waals surface area contributed by atoms with Gasteiger partial charge in [0.05, 0.1) is 5.69 Å². The molecule has 3 rings (SSSR count). The maximum absolute atomic E-state index is 12.7. The molecule has 0 radical (unpaired) electrons. The maximum Gasteiger partial charge on any atom is 0.516 e. The fourth-order valence-corrected chi connectivity index (χ4v) is 3.14. The van der Waals surface area contributed by atoms with Crippen molar-refractivity contribution < 1.29 is 21.6 Å². The first-order valence-corrected chi connectivity index (χ1v) is 8.71. The summed E-state index contributed by atoms with van der Waals surface area (Å²) in [6, 6.07) is 13.6. The molecule has 0 unspecified atom stereocenters. The van der Waals surface area contributed by atoms with Crippen molar-refractivity contribution in [1.82, 2.24) is 0 Å². The Kier molecular flexibility index (Phi) is 4.05. The molecule has 1 saturated carbocycles. The zero-order chi connectivity index (χ0) is 17.5. The Morgan fingerprint density at radius 1 is 1.04 bits per heavy atom. The third-order valence-electron chi connectivity index (χ3n) is 3.95. The van der Waals surface area contributed by atoms with E-state index in [2.05, 4.69) is 0 Å². The summed E-state index contributed by atoms with van der Waals surface area (Å²) in [7, 11) is -5.49. The monoisotopic (exact) mass is 356 g/mol. The molecule has 0 aromatic heterocycles. The van der Waals surface area contributed by atoms with Crippen molar-refractivity contribution in [1.29, 1.82) is 0 Å². The van der Waals surface area contributed by atoms with Gasteiger partial charge in [-0.25, -0.2) is 0 Å². The molecule has 0 amide bonds. The molecule has 0 saturated heterocycles. The minimum atomic E-state index is -5.49. The minimum Gasteiger partial charge on any atom is -0.327 e. The Bertz CT molecular complexity index is 851. The van der Waals surface area contributed by atoms with Crippen LogP contribution >= 0.6 is 0 Å². The molecule has 2 aromatic rings. The van der Waals surface area contributed by atoms with E-state index in [4.69, 9.17) is 5.73 Å². The number of rotatable bonds is 4. The van der Waals surface area contributed by atoms with Gasteiger partial charge in [-0.3, -0.25) is 4.72 Å². The van der Waals surface area contributed by atoms with Gasteiger partial charge in [-0.1, -0.05) is 42.5 Å². The SMILES string of the molecule is N[C@@H]1C[C@H]1c1ccc(-c2ccccc2)cc1NS(=O)(=O)C(F)(F)F. The summed E-state index contributed by atoms with van der Waals surface area (Å²) in [5.74, 6) is -0.138. The van der Waals surface area contributed by atoms with Gasteiger partial charge in [0.15, 0.2) is 0 Å². The van der Waals surface area contributed by atoms with Crippen LogP contribution in [0.5, 0.6) is 0 Å². The summed E-state index contributed by atoms with van der Waals surface area (Å²) >= 11 is 0. The van der Waals surface area contributed by atoms with Crippen LogP contribution in [0.1, 0.15) is 17.9 Å². The number of nitrogens with one attached hydrogen (secondary N) is 1. The van der Waals surface area contributed by atoms with Crippen LogP contribution in [-0.2, 0) is 10.0 Å². The van der Waals surface area contributed by atoms with Crippen LogP contribution in [-0.4, -0.2) is 20.0 Å². The number of halogens is 3. The standard InChI is InChI=1S/C16H15F3N2O2S/c17-16(18,19)24(22,23)21-15-8-11(10-4-2-1-3-5-10)6-7-12(15)13-9-14(13)20/h1-8,13-14,21H,9,20H2/t13-,14+/m0/s1. The molecular weight excluding hydrogens is 341 g/mol. The van der Waals surface area contributed by atoms with Gasteiger partial charge in [-0.2, -0.15) is 21.6 Å². The van der Waals surface area contributed by atoms with Crippen molar-refractivity contribution in [3.8, 4) is 11.1 Å². The highest BCUT2D eigenvalue weighted by atomic mass is 32.2. The lowest BCUT2D eigenvalue weighted by Crippen LogP contribution is -2.30. The third-order valence-corrected chi connectivity index (χ3v) is 5.05. The molecule has 8 heteroatoms. The van der Waals surface area contributed by atoms with Gasteiger partial charge >= 0.3 is 15.5 Å². The number of sulfonamides is 1. The zero-order valence-corrected chi connectivity index (χ0v) is 13.2. The fourth-order valence-electron chi connectivity index (χ4n) is 2.55. The molecule has 128 valence electrons. The van der Waals surface area contributed by atoms with E-state index in [1.807, 2.05) is 6.07 Å². The van der Waals surface area contributed by atoms with E-state index >= 15 is 0 Å². The highest BCUT2D eigenvalue weighted by Crippen LogP contribution is 2.44. The number of alkyl halides is 3. The van der Waals surface area contributed by atoms with Crippen LogP contribution in [0.4, 0.5) is 18.9 Å². The van der Waals surface area contributed by atoms with Crippen LogP contribution in [0.3, 0.4) is 0 Å². The molecule has 0 bridgehead atoms. The lowest BCUT2D eigenvalue weighted by Gasteiger charge is -2.15. The maximum atomic E-state index is 12.7. The average molecular weight is 356 g/mol. The highest BCUT2D eigenvalue weighted by Gasteiger charge is 2.47. The smallest absolute Gasteiger partial charge is 0.327 e. The molecule has 24 heavy (non-hydrogen) atoms. The van der Waals surface area contributed by atoms with E-state index in [0.29, 0.717) is 17.5 Å². The van der Waals surface area contributed by atoms with Crippen molar-refractivity contribution in [2.24, 2.45) is 5.73 Å². The molecule has 1 aliphatic carbocycles. The molecule has 0 spiro atoms. The number of benzene rings is 2. The predicted octanol–water partition coefficient (Wildman–Crippen LogP) is 3.43. The lowest BCUT2D eigenvalue weighted by atomic mass is 10.0. The van der Waals surface area contributed by atoms with Gasteiger partial charge in [0.1, 0.15) is 0 Å². The molecule has 3 N–H and O–H groups in total. The summed E-state index contributed by atoms with van der Waals surface area (Å²) in [5.41, 5.74) is 2.19.